The number of aromatic nitrogens is 2. The zero-order valence-electron chi connectivity index (χ0n) is 16.7. The lowest BCUT2D eigenvalue weighted by Crippen LogP contribution is -2.33. The summed E-state index contributed by atoms with van der Waals surface area (Å²) in [7, 11) is 0. The number of nitrogens with one attached hydrogen (secondary N) is 2. The molecule has 1 aliphatic rings. The minimum Gasteiger partial charge on any atom is -0.484 e. The average molecular weight is 383 g/mol. The standard InChI is InChI=1S/C21H29N5O2/c1-16-8-4-5-9-18(16)28-15-20(27)22-10-11-23-21-24-17(2)14-19(25-21)26-12-6-3-7-13-26/h4-5,8-9,14H,3,6-7,10-13,15H2,1-2H3,(H,22,27)(H,23,24,25). The molecule has 7 heteroatoms. The van der Waals surface area contributed by atoms with Crippen LogP contribution in [0.4, 0.5) is 11.8 Å². The van der Waals surface area contributed by atoms with Gasteiger partial charge >= 0.3 is 0 Å². The highest BCUT2D eigenvalue weighted by Gasteiger charge is 2.13. The van der Waals surface area contributed by atoms with Crippen molar-refractivity contribution >= 4 is 17.7 Å². The van der Waals surface area contributed by atoms with Crippen LogP contribution in [0.1, 0.15) is 30.5 Å². The lowest BCUT2D eigenvalue weighted by atomic mass is 10.1. The van der Waals surface area contributed by atoms with Crippen molar-refractivity contribution in [2.24, 2.45) is 0 Å². The molecule has 1 aliphatic heterocycles. The summed E-state index contributed by atoms with van der Waals surface area (Å²) in [6.07, 6.45) is 3.71. The van der Waals surface area contributed by atoms with E-state index in [9.17, 15) is 4.79 Å². The Bertz CT molecular complexity index is 790. The number of carbonyl (C=O) groups excluding carboxylic acids is 1. The van der Waals surface area contributed by atoms with Crippen LogP contribution in [0.25, 0.3) is 0 Å². The Kier molecular flexibility index (Phi) is 7.06. The fourth-order valence-electron chi connectivity index (χ4n) is 3.20. The van der Waals surface area contributed by atoms with Crippen molar-refractivity contribution in [2.75, 3.05) is 43.0 Å². The Hall–Kier alpha value is -2.83. The number of benzene rings is 1. The predicted octanol–water partition coefficient (Wildman–Crippen LogP) is 2.69. The number of anilines is 2. The average Bonchev–Trinajstić information content (AvgIpc) is 2.71. The lowest BCUT2D eigenvalue weighted by molar-refractivity contribution is -0.123. The molecule has 1 fully saturated rings. The van der Waals surface area contributed by atoms with Crippen LogP contribution in [-0.2, 0) is 4.79 Å². The molecule has 0 bridgehead atoms. The first-order chi connectivity index (χ1) is 13.6. The van der Waals surface area contributed by atoms with E-state index < -0.39 is 0 Å². The Labute approximate surface area is 166 Å². The molecule has 2 aromatic rings. The van der Waals surface area contributed by atoms with Crippen LogP contribution in [0.3, 0.4) is 0 Å². The van der Waals surface area contributed by atoms with Gasteiger partial charge in [0.2, 0.25) is 5.95 Å². The third-order valence-electron chi connectivity index (χ3n) is 4.70. The highest BCUT2D eigenvalue weighted by molar-refractivity contribution is 5.77. The Morgan fingerprint density at radius 1 is 1.11 bits per heavy atom. The van der Waals surface area contributed by atoms with Crippen molar-refractivity contribution in [3.63, 3.8) is 0 Å². The largest absolute Gasteiger partial charge is 0.484 e. The molecule has 0 radical (unpaired) electrons. The maximum Gasteiger partial charge on any atom is 0.258 e. The topological polar surface area (TPSA) is 79.4 Å². The highest BCUT2D eigenvalue weighted by Crippen LogP contribution is 2.19. The Morgan fingerprint density at radius 3 is 2.68 bits per heavy atom. The van der Waals surface area contributed by atoms with E-state index in [0.717, 1.165) is 35.9 Å². The van der Waals surface area contributed by atoms with E-state index in [-0.39, 0.29) is 12.5 Å². The third kappa shape index (κ3) is 5.84. The van der Waals surface area contributed by atoms with Gasteiger partial charge in [0.1, 0.15) is 11.6 Å². The molecule has 1 saturated heterocycles. The zero-order valence-corrected chi connectivity index (χ0v) is 16.7. The van der Waals surface area contributed by atoms with Gasteiger partial charge in [-0.25, -0.2) is 4.98 Å². The summed E-state index contributed by atoms with van der Waals surface area (Å²) >= 11 is 0. The van der Waals surface area contributed by atoms with Gasteiger partial charge in [-0.1, -0.05) is 18.2 Å². The minimum atomic E-state index is -0.149. The minimum absolute atomic E-state index is 0.00487. The van der Waals surface area contributed by atoms with Crippen molar-refractivity contribution in [2.45, 2.75) is 33.1 Å². The highest BCUT2D eigenvalue weighted by atomic mass is 16.5. The van der Waals surface area contributed by atoms with Gasteiger partial charge in [0.15, 0.2) is 6.61 Å². The maximum atomic E-state index is 12.0. The summed E-state index contributed by atoms with van der Waals surface area (Å²) in [5, 5.41) is 6.04. The number of para-hydroxylation sites is 1. The number of aryl methyl sites for hydroxylation is 2. The molecule has 0 unspecified atom stereocenters. The number of nitrogens with zero attached hydrogens (tertiary/aromatic N) is 3. The second-order valence-electron chi connectivity index (χ2n) is 7.07. The molecule has 2 N–H and O–H groups in total. The molecule has 0 aliphatic carbocycles. The fourth-order valence-corrected chi connectivity index (χ4v) is 3.20. The van der Waals surface area contributed by atoms with Crippen molar-refractivity contribution < 1.29 is 9.53 Å². The lowest BCUT2D eigenvalue weighted by Gasteiger charge is -2.28. The number of carbonyl (C=O) groups is 1. The summed E-state index contributed by atoms with van der Waals surface area (Å²) in [4.78, 5) is 23.3. The number of hydrogen-bond acceptors (Lipinski definition) is 6. The normalized spacial score (nSPS) is 13.9. The Morgan fingerprint density at radius 2 is 1.89 bits per heavy atom. The van der Waals surface area contributed by atoms with Gasteiger partial charge in [-0.15, -0.1) is 0 Å². The molecule has 7 nitrogen and oxygen atoms in total. The van der Waals surface area contributed by atoms with Crippen LogP contribution in [0, 0.1) is 13.8 Å². The van der Waals surface area contributed by atoms with Gasteiger partial charge in [0.25, 0.3) is 5.91 Å². The summed E-state index contributed by atoms with van der Waals surface area (Å²) in [5.74, 6) is 2.16. The van der Waals surface area contributed by atoms with Gasteiger partial charge < -0.3 is 20.3 Å². The van der Waals surface area contributed by atoms with Crippen LogP contribution < -0.4 is 20.3 Å². The number of hydrogen-bond donors (Lipinski definition) is 2. The number of ether oxygens (including phenoxy) is 1. The van der Waals surface area contributed by atoms with Crippen LogP contribution in [0.15, 0.2) is 30.3 Å². The number of amides is 1. The van der Waals surface area contributed by atoms with E-state index in [2.05, 4.69) is 25.5 Å². The second-order valence-corrected chi connectivity index (χ2v) is 7.07. The maximum absolute atomic E-state index is 12.0. The van der Waals surface area contributed by atoms with Crippen molar-refractivity contribution in [1.29, 1.82) is 0 Å². The fraction of sp³-hybridized carbons (Fsp3) is 0.476. The van der Waals surface area contributed by atoms with Gasteiger partial charge in [-0.05, 0) is 44.7 Å². The summed E-state index contributed by atoms with van der Waals surface area (Å²) in [6.45, 7) is 7.07. The van der Waals surface area contributed by atoms with Gasteiger partial charge in [0, 0.05) is 37.9 Å². The number of piperidine rings is 1. The van der Waals surface area contributed by atoms with E-state index in [1.807, 2.05) is 44.2 Å². The molecule has 1 aromatic carbocycles. The summed E-state index contributed by atoms with van der Waals surface area (Å²) in [5.41, 5.74) is 1.95. The third-order valence-corrected chi connectivity index (χ3v) is 4.70. The van der Waals surface area contributed by atoms with Gasteiger partial charge in [0.05, 0.1) is 0 Å². The SMILES string of the molecule is Cc1cc(N2CCCCC2)nc(NCCNC(=O)COc2ccccc2C)n1. The molecule has 2 heterocycles. The second kappa shape index (κ2) is 9.92. The first-order valence-corrected chi connectivity index (χ1v) is 9.91. The van der Waals surface area contributed by atoms with Crippen LogP contribution in [0.2, 0.25) is 0 Å². The van der Waals surface area contributed by atoms with Crippen molar-refractivity contribution in [3.8, 4) is 5.75 Å². The molecular formula is C21H29N5O2. The van der Waals surface area contributed by atoms with Gasteiger partial charge in [-0.2, -0.15) is 4.98 Å². The molecule has 1 aromatic heterocycles. The molecule has 28 heavy (non-hydrogen) atoms. The molecule has 3 rings (SSSR count). The van der Waals surface area contributed by atoms with Gasteiger partial charge in [-0.3, -0.25) is 4.79 Å². The number of rotatable bonds is 8. The van der Waals surface area contributed by atoms with E-state index >= 15 is 0 Å². The molecule has 0 atom stereocenters. The van der Waals surface area contributed by atoms with Crippen molar-refractivity contribution in [1.82, 2.24) is 15.3 Å². The van der Waals surface area contributed by atoms with Crippen molar-refractivity contribution in [3.05, 3.63) is 41.6 Å². The first-order valence-electron chi connectivity index (χ1n) is 9.91. The van der Waals surface area contributed by atoms with E-state index in [4.69, 9.17) is 4.74 Å². The zero-order chi connectivity index (χ0) is 19.8. The molecule has 1 amide bonds. The first kappa shape index (κ1) is 19.9. The van der Waals surface area contributed by atoms with Crippen LogP contribution in [0.5, 0.6) is 5.75 Å². The smallest absolute Gasteiger partial charge is 0.258 e. The molecule has 0 spiro atoms. The van der Waals surface area contributed by atoms with E-state index in [1.54, 1.807) is 0 Å². The Balaban J connectivity index is 1.41. The summed E-state index contributed by atoms with van der Waals surface area (Å²) in [6, 6.07) is 9.68. The monoisotopic (exact) mass is 383 g/mol. The van der Waals surface area contributed by atoms with Crippen LogP contribution in [-0.4, -0.2) is 48.7 Å². The molecule has 150 valence electrons. The molecule has 0 saturated carbocycles. The quantitative estimate of drug-likeness (QED) is 0.683. The van der Waals surface area contributed by atoms with E-state index in [0.29, 0.717) is 19.0 Å². The summed E-state index contributed by atoms with van der Waals surface area (Å²) < 4.78 is 5.55. The van der Waals surface area contributed by atoms with Crippen LogP contribution >= 0.6 is 0 Å². The predicted molar refractivity (Wildman–Crippen MR) is 111 cm³/mol. The molecular weight excluding hydrogens is 354 g/mol. The van der Waals surface area contributed by atoms with E-state index in [1.165, 1.54) is 19.3 Å².